The second kappa shape index (κ2) is 9.68. The Kier molecular flexibility index (Phi) is 8.07. The van der Waals surface area contributed by atoms with E-state index in [0.717, 1.165) is 37.4 Å². The van der Waals surface area contributed by atoms with Crippen LogP contribution < -0.4 is 14.8 Å². The Balaban J connectivity index is 2.22. The fourth-order valence-corrected chi connectivity index (χ4v) is 1.89. The first-order valence-corrected chi connectivity index (χ1v) is 7.36. The lowest BCUT2D eigenvalue weighted by Crippen LogP contribution is -2.19. The summed E-state index contributed by atoms with van der Waals surface area (Å²) in [4.78, 5) is 0. The van der Waals surface area contributed by atoms with Crippen molar-refractivity contribution in [2.24, 2.45) is 0 Å². The van der Waals surface area contributed by atoms with Crippen LogP contribution in [0.25, 0.3) is 0 Å². The Morgan fingerprint density at radius 2 is 1.74 bits per heavy atom. The van der Waals surface area contributed by atoms with Crippen molar-refractivity contribution in [1.29, 1.82) is 0 Å². The Bertz CT molecular complexity index is 324. The van der Waals surface area contributed by atoms with Crippen LogP contribution in [0.5, 0.6) is 11.5 Å². The minimum absolute atomic E-state index is 0.251. The van der Waals surface area contributed by atoms with Crippen LogP contribution in [0.4, 0.5) is 0 Å². The molecule has 0 amide bonds. The normalized spacial score (nSPS) is 12.2. The average molecular weight is 265 g/mol. The van der Waals surface area contributed by atoms with Crippen LogP contribution in [0.2, 0.25) is 0 Å². The van der Waals surface area contributed by atoms with Gasteiger partial charge in [-0.05, 0) is 70.5 Å². The summed E-state index contributed by atoms with van der Waals surface area (Å²) in [5, 5.41) is 3.40. The van der Waals surface area contributed by atoms with Gasteiger partial charge in [0.1, 0.15) is 11.5 Å². The lowest BCUT2D eigenvalue weighted by atomic mass is 10.2. The fraction of sp³-hybridized carbons (Fsp3) is 0.625. The molecule has 108 valence electrons. The van der Waals surface area contributed by atoms with Crippen LogP contribution in [-0.2, 0) is 0 Å². The van der Waals surface area contributed by atoms with Crippen LogP contribution in [-0.4, -0.2) is 25.8 Å². The molecular weight excluding hydrogens is 238 g/mol. The first-order chi connectivity index (χ1) is 9.26. The van der Waals surface area contributed by atoms with Crippen molar-refractivity contribution in [3.05, 3.63) is 24.3 Å². The number of hydrogen-bond donors (Lipinski definition) is 1. The molecule has 0 bridgehead atoms. The van der Waals surface area contributed by atoms with Crippen molar-refractivity contribution in [2.45, 2.75) is 46.1 Å². The summed E-state index contributed by atoms with van der Waals surface area (Å²) < 4.78 is 11.3. The monoisotopic (exact) mass is 265 g/mol. The highest BCUT2D eigenvalue weighted by Crippen LogP contribution is 2.19. The first kappa shape index (κ1) is 15.8. The van der Waals surface area contributed by atoms with Gasteiger partial charge in [0.05, 0.1) is 12.7 Å². The molecule has 1 N–H and O–H groups in total. The lowest BCUT2D eigenvalue weighted by molar-refractivity contribution is 0.207. The highest BCUT2D eigenvalue weighted by Gasteiger charge is 2.04. The highest BCUT2D eigenvalue weighted by molar-refractivity contribution is 5.31. The maximum absolute atomic E-state index is 5.87. The van der Waals surface area contributed by atoms with Crippen LogP contribution in [0.3, 0.4) is 0 Å². The SMILES string of the molecule is CCCNCCCC(C)Oc1ccc(OCC)cc1. The number of hydrogen-bond acceptors (Lipinski definition) is 3. The van der Waals surface area contributed by atoms with Crippen molar-refractivity contribution >= 4 is 0 Å². The molecule has 0 saturated carbocycles. The summed E-state index contributed by atoms with van der Waals surface area (Å²) in [6.45, 7) is 9.17. The van der Waals surface area contributed by atoms with E-state index in [1.54, 1.807) is 0 Å². The van der Waals surface area contributed by atoms with Gasteiger partial charge in [0.2, 0.25) is 0 Å². The standard InChI is InChI=1S/C16H27NO2/c1-4-12-17-13-6-7-14(3)19-16-10-8-15(9-11-16)18-5-2/h8-11,14,17H,4-7,12-13H2,1-3H3. The Hall–Kier alpha value is -1.22. The van der Waals surface area contributed by atoms with E-state index in [4.69, 9.17) is 9.47 Å². The van der Waals surface area contributed by atoms with Gasteiger partial charge in [0.15, 0.2) is 0 Å². The Morgan fingerprint density at radius 1 is 1.05 bits per heavy atom. The molecule has 0 aliphatic carbocycles. The molecule has 1 aromatic carbocycles. The molecule has 1 aromatic rings. The zero-order valence-corrected chi connectivity index (χ0v) is 12.4. The van der Waals surface area contributed by atoms with Gasteiger partial charge < -0.3 is 14.8 Å². The molecular formula is C16H27NO2. The van der Waals surface area contributed by atoms with E-state index < -0.39 is 0 Å². The lowest BCUT2D eigenvalue weighted by Gasteiger charge is -2.15. The van der Waals surface area contributed by atoms with Crippen molar-refractivity contribution in [2.75, 3.05) is 19.7 Å². The minimum atomic E-state index is 0.251. The predicted octanol–water partition coefficient (Wildman–Crippen LogP) is 3.63. The molecule has 0 saturated heterocycles. The smallest absolute Gasteiger partial charge is 0.119 e. The molecule has 0 aliphatic rings. The molecule has 0 aromatic heterocycles. The van der Waals surface area contributed by atoms with E-state index in [-0.39, 0.29) is 6.10 Å². The van der Waals surface area contributed by atoms with Crippen LogP contribution in [0, 0.1) is 0 Å². The fourth-order valence-electron chi connectivity index (χ4n) is 1.89. The van der Waals surface area contributed by atoms with Gasteiger partial charge in [-0.15, -0.1) is 0 Å². The summed E-state index contributed by atoms with van der Waals surface area (Å²) in [6.07, 6.45) is 3.67. The molecule has 0 spiro atoms. The highest BCUT2D eigenvalue weighted by atomic mass is 16.5. The van der Waals surface area contributed by atoms with Gasteiger partial charge in [-0.1, -0.05) is 6.92 Å². The van der Waals surface area contributed by atoms with Crippen LogP contribution >= 0.6 is 0 Å². The Morgan fingerprint density at radius 3 is 2.37 bits per heavy atom. The summed E-state index contributed by atoms with van der Waals surface area (Å²) in [6, 6.07) is 7.84. The number of rotatable bonds is 10. The molecule has 0 heterocycles. The largest absolute Gasteiger partial charge is 0.494 e. The van der Waals surface area contributed by atoms with E-state index in [9.17, 15) is 0 Å². The molecule has 3 nitrogen and oxygen atoms in total. The minimum Gasteiger partial charge on any atom is -0.494 e. The maximum Gasteiger partial charge on any atom is 0.119 e. The summed E-state index contributed by atoms with van der Waals surface area (Å²) in [5.74, 6) is 1.81. The first-order valence-electron chi connectivity index (χ1n) is 7.36. The summed E-state index contributed by atoms with van der Waals surface area (Å²) in [5.41, 5.74) is 0. The van der Waals surface area contributed by atoms with Gasteiger partial charge in [-0.25, -0.2) is 0 Å². The van der Waals surface area contributed by atoms with E-state index in [0.29, 0.717) is 6.61 Å². The van der Waals surface area contributed by atoms with Gasteiger partial charge in [-0.2, -0.15) is 0 Å². The summed E-state index contributed by atoms with van der Waals surface area (Å²) in [7, 11) is 0. The second-order valence-corrected chi connectivity index (χ2v) is 4.73. The topological polar surface area (TPSA) is 30.5 Å². The molecule has 0 aliphatic heterocycles. The van der Waals surface area contributed by atoms with Gasteiger partial charge >= 0.3 is 0 Å². The van der Waals surface area contributed by atoms with Crippen LogP contribution in [0.1, 0.15) is 40.0 Å². The van der Waals surface area contributed by atoms with Crippen LogP contribution in [0.15, 0.2) is 24.3 Å². The van der Waals surface area contributed by atoms with E-state index in [1.165, 1.54) is 6.42 Å². The molecule has 0 radical (unpaired) electrons. The quantitative estimate of drug-likeness (QED) is 0.655. The van der Waals surface area contributed by atoms with Crippen molar-refractivity contribution in [3.63, 3.8) is 0 Å². The maximum atomic E-state index is 5.87. The second-order valence-electron chi connectivity index (χ2n) is 4.73. The van der Waals surface area contributed by atoms with Gasteiger partial charge in [0, 0.05) is 0 Å². The third-order valence-electron chi connectivity index (χ3n) is 2.86. The van der Waals surface area contributed by atoms with Gasteiger partial charge in [0.25, 0.3) is 0 Å². The zero-order chi connectivity index (χ0) is 13.9. The third-order valence-corrected chi connectivity index (χ3v) is 2.86. The number of benzene rings is 1. The number of nitrogens with one attached hydrogen (secondary N) is 1. The molecule has 0 fully saturated rings. The van der Waals surface area contributed by atoms with Crippen molar-refractivity contribution in [3.8, 4) is 11.5 Å². The summed E-state index contributed by atoms with van der Waals surface area (Å²) >= 11 is 0. The molecule has 19 heavy (non-hydrogen) atoms. The molecule has 1 atom stereocenters. The van der Waals surface area contributed by atoms with Crippen molar-refractivity contribution < 1.29 is 9.47 Å². The third kappa shape index (κ3) is 7.06. The predicted molar refractivity (Wildman–Crippen MR) is 80.1 cm³/mol. The average Bonchev–Trinajstić information content (AvgIpc) is 2.41. The van der Waals surface area contributed by atoms with Gasteiger partial charge in [-0.3, -0.25) is 0 Å². The Labute approximate surface area is 117 Å². The molecule has 1 unspecified atom stereocenters. The number of ether oxygens (including phenoxy) is 2. The molecule has 1 rings (SSSR count). The van der Waals surface area contributed by atoms with E-state index in [1.807, 2.05) is 31.2 Å². The van der Waals surface area contributed by atoms with E-state index >= 15 is 0 Å². The van der Waals surface area contributed by atoms with E-state index in [2.05, 4.69) is 19.2 Å². The van der Waals surface area contributed by atoms with Crippen molar-refractivity contribution in [1.82, 2.24) is 5.32 Å². The zero-order valence-electron chi connectivity index (χ0n) is 12.4. The molecule has 3 heteroatoms.